The summed E-state index contributed by atoms with van der Waals surface area (Å²) in [6, 6.07) is 11.1. The van der Waals surface area contributed by atoms with Crippen molar-refractivity contribution in [2.24, 2.45) is 11.5 Å². The molecule has 0 saturated heterocycles. The Balaban J connectivity index is 1.73. The van der Waals surface area contributed by atoms with Gasteiger partial charge in [-0.3, -0.25) is 9.59 Å². The number of nitrogens with zero attached hydrogens (tertiary/aromatic N) is 1. The summed E-state index contributed by atoms with van der Waals surface area (Å²) >= 11 is 0. The number of anilines is 1. The zero-order valence-corrected chi connectivity index (χ0v) is 25.7. The fraction of sp³-hybridized carbons (Fsp3) is 0.531. The van der Waals surface area contributed by atoms with Crippen LogP contribution in [-0.2, 0) is 27.2 Å². The summed E-state index contributed by atoms with van der Waals surface area (Å²) in [4.78, 5) is 38.8. The number of rotatable bonds is 15. The maximum atomic E-state index is 13.1. The predicted octanol–water partition coefficient (Wildman–Crippen LogP) is 3.51. The van der Waals surface area contributed by atoms with Gasteiger partial charge in [-0.25, -0.2) is 4.79 Å². The minimum atomic E-state index is -0.918. The molecule has 10 heteroatoms. The molecule has 2 aromatic rings. The van der Waals surface area contributed by atoms with Gasteiger partial charge in [0.25, 0.3) is 5.91 Å². The number of carbonyl (C=O) groups is 3. The molecular weight excluding hydrogens is 536 g/mol. The first-order chi connectivity index (χ1) is 19.7. The third-order valence-electron chi connectivity index (χ3n) is 6.68. The predicted molar refractivity (Wildman–Crippen MR) is 163 cm³/mol. The first-order valence-electron chi connectivity index (χ1n) is 14.6. The summed E-state index contributed by atoms with van der Waals surface area (Å²) in [6.07, 6.45) is 1.32. The number of ether oxygens (including phenoxy) is 3. The van der Waals surface area contributed by atoms with Gasteiger partial charge in [0.1, 0.15) is 5.60 Å². The lowest BCUT2D eigenvalue weighted by Gasteiger charge is -2.26. The molecule has 1 aliphatic rings. The SMILES string of the molecule is CC(Cc1cc2c(c(C(N)=O)c1)N(CCCC(N)=O)CC2)NCC(Oc1ccccc1OC(C)C)C(=O)OC(C)(C)C. The first-order valence-corrected chi connectivity index (χ1v) is 14.6. The molecule has 0 bridgehead atoms. The second kappa shape index (κ2) is 14.4. The van der Waals surface area contributed by atoms with Crippen molar-refractivity contribution < 1.29 is 28.6 Å². The molecule has 0 aromatic heterocycles. The fourth-order valence-corrected chi connectivity index (χ4v) is 4.99. The van der Waals surface area contributed by atoms with E-state index in [-0.39, 0.29) is 24.6 Å². The Labute approximate surface area is 249 Å². The smallest absolute Gasteiger partial charge is 0.349 e. The van der Waals surface area contributed by atoms with Crippen molar-refractivity contribution >= 4 is 23.5 Å². The summed E-state index contributed by atoms with van der Waals surface area (Å²) in [6.45, 7) is 12.9. The van der Waals surface area contributed by atoms with Crippen LogP contribution in [0.5, 0.6) is 11.5 Å². The third-order valence-corrected chi connectivity index (χ3v) is 6.68. The van der Waals surface area contributed by atoms with Crippen LogP contribution in [0.15, 0.2) is 36.4 Å². The molecule has 2 aromatic carbocycles. The minimum Gasteiger partial charge on any atom is -0.487 e. The van der Waals surface area contributed by atoms with E-state index >= 15 is 0 Å². The lowest BCUT2D eigenvalue weighted by molar-refractivity contribution is -0.163. The van der Waals surface area contributed by atoms with Crippen LogP contribution in [-0.4, -0.2) is 61.3 Å². The lowest BCUT2D eigenvalue weighted by atomic mass is 9.98. The zero-order valence-electron chi connectivity index (χ0n) is 25.7. The van der Waals surface area contributed by atoms with E-state index in [4.69, 9.17) is 25.7 Å². The van der Waals surface area contributed by atoms with Gasteiger partial charge in [-0.15, -0.1) is 0 Å². The van der Waals surface area contributed by atoms with Crippen molar-refractivity contribution in [1.29, 1.82) is 0 Å². The number of nitrogens with one attached hydrogen (secondary N) is 1. The second-order valence-electron chi connectivity index (χ2n) is 12.1. The molecule has 2 atom stereocenters. The molecule has 0 aliphatic carbocycles. The third kappa shape index (κ3) is 9.65. The molecule has 10 nitrogen and oxygen atoms in total. The molecule has 1 heterocycles. The van der Waals surface area contributed by atoms with Crippen LogP contribution < -0.4 is 31.2 Å². The van der Waals surface area contributed by atoms with Crippen LogP contribution in [0, 0.1) is 0 Å². The van der Waals surface area contributed by atoms with Crippen LogP contribution in [0.2, 0.25) is 0 Å². The Bertz CT molecular complexity index is 1260. The van der Waals surface area contributed by atoms with Crippen LogP contribution in [0.1, 0.15) is 75.9 Å². The average Bonchev–Trinajstić information content (AvgIpc) is 3.28. The highest BCUT2D eigenvalue weighted by molar-refractivity contribution is 6.00. The van der Waals surface area contributed by atoms with Gasteiger partial charge in [-0.05, 0) is 90.1 Å². The Morgan fingerprint density at radius 1 is 1.02 bits per heavy atom. The van der Waals surface area contributed by atoms with E-state index in [0.29, 0.717) is 42.9 Å². The highest BCUT2D eigenvalue weighted by atomic mass is 16.6. The van der Waals surface area contributed by atoms with Crippen molar-refractivity contribution in [3.05, 3.63) is 53.1 Å². The number of primary amides is 2. The number of amides is 2. The van der Waals surface area contributed by atoms with Crippen molar-refractivity contribution in [1.82, 2.24) is 5.32 Å². The number of hydrogen-bond acceptors (Lipinski definition) is 8. The Kier molecular flexibility index (Phi) is 11.2. The summed E-state index contributed by atoms with van der Waals surface area (Å²) in [5.74, 6) is -0.298. The number of esters is 1. The highest BCUT2D eigenvalue weighted by Crippen LogP contribution is 2.34. The van der Waals surface area contributed by atoms with E-state index < -0.39 is 23.6 Å². The maximum absolute atomic E-state index is 13.1. The van der Waals surface area contributed by atoms with E-state index in [1.54, 1.807) is 12.1 Å². The molecule has 230 valence electrons. The van der Waals surface area contributed by atoms with Gasteiger partial charge in [0.2, 0.25) is 12.0 Å². The summed E-state index contributed by atoms with van der Waals surface area (Å²) < 4.78 is 17.7. The molecule has 0 fully saturated rings. The summed E-state index contributed by atoms with van der Waals surface area (Å²) in [5.41, 5.74) is 13.7. The molecule has 5 N–H and O–H groups in total. The Hall–Kier alpha value is -3.79. The van der Waals surface area contributed by atoms with Crippen molar-refractivity contribution in [3.63, 3.8) is 0 Å². The van der Waals surface area contributed by atoms with Gasteiger partial charge >= 0.3 is 5.97 Å². The Morgan fingerprint density at radius 2 is 1.69 bits per heavy atom. The molecule has 1 aliphatic heterocycles. The van der Waals surface area contributed by atoms with Crippen molar-refractivity contribution in [2.75, 3.05) is 24.5 Å². The quantitative estimate of drug-likeness (QED) is 0.271. The number of para-hydroxylation sites is 2. The van der Waals surface area contributed by atoms with Gasteiger partial charge in [0, 0.05) is 32.1 Å². The maximum Gasteiger partial charge on any atom is 0.349 e. The van der Waals surface area contributed by atoms with E-state index in [9.17, 15) is 14.4 Å². The molecule has 2 unspecified atom stereocenters. The number of nitrogens with two attached hydrogens (primary N) is 2. The van der Waals surface area contributed by atoms with Gasteiger partial charge in [0.05, 0.1) is 17.4 Å². The molecule has 0 radical (unpaired) electrons. The van der Waals surface area contributed by atoms with Crippen molar-refractivity contribution in [2.45, 2.75) is 91.1 Å². The Morgan fingerprint density at radius 3 is 2.29 bits per heavy atom. The zero-order chi connectivity index (χ0) is 31.0. The standard InChI is InChI=1S/C32H46N4O6/c1-20(2)40-25-10-7-8-11-26(25)41-27(31(39)42-32(4,5)6)19-35-21(3)16-22-17-23-13-15-36(14-9-12-28(33)37)29(23)24(18-22)30(34)38/h7-8,10-11,17-18,20-21,27,35H,9,12-16,19H2,1-6H3,(H2,33,37)(H2,34,38). The molecule has 3 rings (SSSR count). The van der Waals surface area contributed by atoms with Gasteiger partial charge in [0.15, 0.2) is 11.5 Å². The molecule has 0 saturated carbocycles. The van der Waals surface area contributed by atoms with Crippen LogP contribution in [0.25, 0.3) is 0 Å². The lowest BCUT2D eigenvalue weighted by Crippen LogP contribution is -2.44. The van der Waals surface area contributed by atoms with Gasteiger partial charge in [-0.2, -0.15) is 0 Å². The first kappa shape index (κ1) is 32.7. The number of fused-ring (bicyclic) bond motifs is 1. The van der Waals surface area contributed by atoms with Crippen LogP contribution in [0.3, 0.4) is 0 Å². The van der Waals surface area contributed by atoms with E-state index in [1.807, 2.05) is 59.7 Å². The minimum absolute atomic E-state index is 0.0623. The molecule has 2 amide bonds. The monoisotopic (exact) mass is 582 g/mol. The van der Waals surface area contributed by atoms with Crippen molar-refractivity contribution in [3.8, 4) is 11.5 Å². The van der Waals surface area contributed by atoms with E-state index in [1.165, 1.54) is 0 Å². The normalized spacial score (nSPS) is 14.3. The van der Waals surface area contributed by atoms with Crippen LogP contribution in [0.4, 0.5) is 5.69 Å². The molecule has 42 heavy (non-hydrogen) atoms. The fourth-order valence-electron chi connectivity index (χ4n) is 4.99. The number of hydrogen-bond donors (Lipinski definition) is 3. The summed E-state index contributed by atoms with van der Waals surface area (Å²) in [7, 11) is 0. The topological polar surface area (TPSA) is 146 Å². The second-order valence-corrected chi connectivity index (χ2v) is 12.1. The average molecular weight is 583 g/mol. The van der Waals surface area contributed by atoms with Crippen LogP contribution >= 0.6 is 0 Å². The van der Waals surface area contributed by atoms with Gasteiger partial charge in [-0.1, -0.05) is 18.2 Å². The highest BCUT2D eigenvalue weighted by Gasteiger charge is 2.29. The number of benzene rings is 2. The van der Waals surface area contributed by atoms with E-state index in [2.05, 4.69) is 16.3 Å². The van der Waals surface area contributed by atoms with E-state index in [0.717, 1.165) is 29.8 Å². The summed E-state index contributed by atoms with van der Waals surface area (Å²) in [5, 5.41) is 3.41. The largest absolute Gasteiger partial charge is 0.487 e. The van der Waals surface area contributed by atoms with Gasteiger partial charge < -0.3 is 35.9 Å². The molecular formula is C32H46N4O6. The molecule has 0 spiro atoms. The number of carbonyl (C=O) groups excluding carboxylic acids is 3.